The number of hydrogen-bond acceptors (Lipinski definition) is 4. The SMILES string of the molecule is CC[C@@H](NC(=O)[C@@H]1CCCN(S(=O)(=O)Cc2ccc(Cl)cc2Cl)C1)c1ccc(OC)c(C)c1. The second kappa shape index (κ2) is 11.1. The average molecular weight is 513 g/mol. The van der Waals surface area contributed by atoms with Crippen LogP contribution >= 0.6 is 23.2 Å². The highest BCUT2D eigenvalue weighted by Crippen LogP contribution is 2.28. The lowest BCUT2D eigenvalue weighted by molar-refractivity contribution is -0.126. The van der Waals surface area contributed by atoms with E-state index >= 15 is 0 Å². The molecule has 1 aliphatic rings. The first-order valence-corrected chi connectivity index (χ1v) is 13.4. The first-order chi connectivity index (χ1) is 15.6. The van der Waals surface area contributed by atoms with Crippen LogP contribution in [0.15, 0.2) is 36.4 Å². The number of nitrogens with one attached hydrogen (secondary N) is 1. The predicted molar refractivity (Wildman–Crippen MR) is 132 cm³/mol. The van der Waals surface area contributed by atoms with Crippen molar-refractivity contribution < 1.29 is 17.9 Å². The smallest absolute Gasteiger partial charge is 0.224 e. The topological polar surface area (TPSA) is 75.7 Å². The molecule has 180 valence electrons. The number of nitrogens with zero attached hydrogens (tertiary/aromatic N) is 1. The molecule has 1 amide bonds. The third kappa shape index (κ3) is 6.41. The van der Waals surface area contributed by atoms with Gasteiger partial charge in [-0.2, -0.15) is 0 Å². The van der Waals surface area contributed by atoms with Crippen LogP contribution in [-0.4, -0.2) is 38.8 Å². The first kappa shape index (κ1) is 25.8. The Morgan fingerprint density at radius 3 is 2.64 bits per heavy atom. The van der Waals surface area contributed by atoms with E-state index < -0.39 is 15.9 Å². The van der Waals surface area contributed by atoms with E-state index in [1.54, 1.807) is 19.2 Å². The van der Waals surface area contributed by atoms with Crippen LogP contribution in [0.25, 0.3) is 0 Å². The molecule has 0 bridgehead atoms. The number of ether oxygens (including phenoxy) is 1. The van der Waals surface area contributed by atoms with Gasteiger partial charge in [-0.3, -0.25) is 4.79 Å². The largest absolute Gasteiger partial charge is 0.496 e. The molecule has 1 saturated heterocycles. The van der Waals surface area contributed by atoms with Crippen molar-refractivity contribution in [3.8, 4) is 5.75 Å². The van der Waals surface area contributed by atoms with Gasteiger partial charge in [0.05, 0.1) is 24.8 Å². The number of benzene rings is 2. The highest BCUT2D eigenvalue weighted by atomic mass is 35.5. The molecule has 2 aromatic carbocycles. The van der Waals surface area contributed by atoms with E-state index in [4.69, 9.17) is 27.9 Å². The normalized spacial score (nSPS) is 18.0. The van der Waals surface area contributed by atoms with Crippen LogP contribution in [0.4, 0.5) is 0 Å². The highest BCUT2D eigenvalue weighted by Gasteiger charge is 2.33. The van der Waals surface area contributed by atoms with Gasteiger partial charge in [0.15, 0.2) is 0 Å². The van der Waals surface area contributed by atoms with Gasteiger partial charge in [-0.25, -0.2) is 12.7 Å². The zero-order valence-electron chi connectivity index (χ0n) is 19.1. The van der Waals surface area contributed by atoms with Crippen LogP contribution in [0.2, 0.25) is 10.0 Å². The Hall–Kier alpha value is -1.80. The third-order valence-electron chi connectivity index (χ3n) is 6.05. The van der Waals surface area contributed by atoms with Crippen LogP contribution in [0.1, 0.15) is 48.9 Å². The van der Waals surface area contributed by atoms with E-state index in [9.17, 15) is 13.2 Å². The minimum Gasteiger partial charge on any atom is -0.496 e. The van der Waals surface area contributed by atoms with E-state index in [0.717, 1.165) is 23.3 Å². The maximum absolute atomic E-state index is 13.1. The fourth-order valence-electron chi connectivity index (χ4n) is 4.16. The molecule has 33 heavy (non-hydrogen) atoms. The van der Waals surface area contributed by atoms with Crippen LogP contribution in [0.3, 0.4) is 0 Å². The molecular formula is C24H30Cl2N2O4S. The summed E-state index contributed by atoms with van der Waals surface area (Å²) in [6.07, 6.45) is 2.00. The molecule has 1 heterocycles. The van der Waals surface area contributed by atoms with E-state index in [2.05, 4.69) is 5.32 Å². The number of hydrogen-bond donors (Lipinski definition) is 1. The van der Waals surface area contributed by atoms with E-state index in [1.165, 1.54) is 10.4 Å². The standard InChI is InChI=1S/C24H30Cl2N2O4S/c1-4-22(17-8-10-23(32-3)16(2)12-17)27-24(29)18-6-5-11-28(14-18)33(30,31)15-19-7-9-20(25)13-21(19)26/h7-10,12-13,18,22H,4-6,11,14-15H2,1-3H3,(H,27,29)/t18-,22-/m1/s1. The van der Waals surface area contributed by atoms with Gasteiger partial charge in [-0.15, -0.1) is 0 Å². The number of piperidine rings is 1. The van der Waals surface area contributed by atoms with Crippen molar-refractivity contribution in [3.05, 3.63) is 63.1 Å². The molecule has 1 fully saturated rings. The molecule has 0 spiro atoms. The van der Waals surface area contributed by atoms with Gasteiger partial charge in [0.1, 0.15) is 5.75 Å². The predicted octanol–water partition coefficient (Wildman–Crippen LogP) is 5.12. The van der Waals surface area contributed by atoms with Gasteiger partial charge < -0.3 is 10.1 Å². The van der Waals surface area contributed by atoms with Gasteiger partial charge >= 0.3 is 0 Å². The van der Waals surface area contributed by atoms with Crippen molar-refractivity contribution >= 4 is 39.1 Å². The Morgan fingerprint density at radius 1 is 1.24 bits per heavy atom. The van der Waals surface area contributed by atoms with Gasteiger partial charge in [0, 0.05) is 23.1 Å². The van der Waals surface area contributed by atoms with Crippen molar-refractivity contribution in [1.29, 1.82) is 0 Å². The zero-order chi connectivity index (χ0) is 24.2. The number of carbonyl (C=O) groups is 1. The lowest BCUT2D eigenvalue weighted by Gasteiger charge is -2.32. The van der Waals surface area contributed by atoms with Crippen LogP contribution in [0.5, 0.6) is 5.75 Å². The molecule has 0 saturated carbocycles. The number of amides is 1. The van der Waals surface area contributed by atoms with Crippen LogP contribution < -0.4 is 10.1 Å². The lowest BCUT2D eigenvalue weighted by atomic mass is 9.96. The minimum atomic E-state index is -3.63. The minimum absolute atomic E-state index is 0.125. The number of methoxy groups -OCH3 is 1. The van der Waals surface area contributed by atoms with E-state index in [0.29, 0.717) is 35.0 Å². The number of sulfonamides is 1. The molecule has 1 N–H and O–H groups in total. The fourth-order valence-corrected chi connectivity index (χ4v) is 6.36. The molecule has 2 atom stereocenters. The first-order valence-electron chi connectivity index (χ1n) is 11.0. The Balaban J connectivity index is 1.68. The Morgan fingerprint density at radius 2 is 2.00 bits per heavy atom. The Kier molecular flexibility index (Phi) is 8.67. The summed E-state index contributed by atoms with van der Waals surface area (Å²) in [6.45, 7) is 4.54. The maximum atomic E-state index is 13.1. The Bertz CT molecular complexity index is 1110. The Labute approximate surface area is 206 Å². The zero-order valence-corrected chi connectivity index (χ0v) is 21.4. The molecule has 0 radical (unpaired) electrons. The fraction of sp³-hybridized carbons (Fsp3) is 0.458. The van der Waals surface area contributed by atoms with E-state index in [-0.39, 0.29) is 24.2 Å². The number of halogens is 2. The molecule has 0 unspecified atom stereocenters. The molecule has 3 rings (SSSR count). The summed E-state index contributed by atoms with van der Waals surface area (Å²) >= 11 is 12.1. The summed E-state index contributed by atoms with van der Waals surface area (Å²) in [5, 5.41) is 3.89. The van der Waals surface area contributed by atoms with Crippen LogP contribution in [0, 0.1) is 12.8 Å². The average Bonchev–Trinajstić information content (AvgIpc) is 2.79. The molecule has 0 aromatic heterocycles. The van der Waals surface area contributed by atoms with E-state index in [1.807, 2.05) is 32.0 Å². The van der Waals surface area contributed by atoms with Crippen molar-refractivity contribution in [3.63, 3.8) is 0 Å². The molecule has 9 heteroatoms. The van der Waals surface area contributed by atoms with Crippen molar-refractivity contribution in [2.75, 3.05) is 20.2 Å². The highest BCUT2D eigenvalue weighted by molar-refractivity contribution is 7.88. The van der Waals surface area contributed by atoms with Gasteiger partial charge in [0.25, 0.3) is 0 Å². The van der Waals surface area contributed by atoms with Gasteiger partial charge in [-0.05, 0) is 61.1 Å². The third-order valence-corrected chi connectivity index (χ3v) is 8.43. The van der Waals surface area contributed by atoms with Gasteiger partial charge in [0.2, 0.25) is 15.9 Å². The summed E-state index contributed by atoms with van der Waals surface area (Å²) in [5.41, 5.74) is 2.49. The van der Waals surface area contributed by atoms with Crippen molar-refractivity contribution in [1.82, 2.24) is 9.62 Å². The van der Waals surface area contributed by atoms with Crippen molar-refractivity contribution in [2.24, 2.45) is 5.92 Å². The second-order valence-corrected chi connectivity index (χ2v) is 11.2. The summed E-state index contributed by atoms with van der Waals surface area (Å²) in [6, 6.07) is 10.5. The number of aryl methyl sites for hydroxylation is 1. The molecule has 1 aliphatic heterocycles. The monoisotopic (exact) mass is 512 g/mol. The summed E-state index contributed by atoms with van der Waals surface area (Å²) < 4.78 is 32.8. The quantitative estimate of drug-likeness (QED) is 0.532. The summed E-state index contributed by atoms with van der Waals surface area (Å²) in [4.78, 5) is 13.1. The summed E-state index contributed by atoms with van der Waals surface area (Å²) in [5.74, 6) is 0.0521. The molecular weight excluding hydrogens is 483 g/mol. The van der Waals surface area contributed by atoms with Gasteiger partial charge in [-0.1, -0.05) is 48.3 Å². The number of carbonyl (C=O) groups excluding carboxylic acids is 1. The lowest BCUT2D eigenvalue weighted by Crippen LogP contribution is -2.46. The molecule has 6 nitrogen and oxygen atoms in total. The van der Waals surface area contributed by atoms with Crippen LogP contribution in [-0.2, 0) is 20.6 Å². The second-order valence-electron chi connectivity index (χ2n) is 8.39. The number of rotatable bonds is 8. The molecule has 0 aliphatic carbocycles. The molecule has 2 aromatic rings. The summed E-state index contributed by atoms with van der Waals surface area (Å²) in [7, 11) is -2.00. The maximum Gasteiger partial charge on any atom is 0.224 e. The van der Waals surface area contributed by atoms with Crippen molar-refractivity contribution in [2.45, 2.75) is 44.9 Å².